The van der Waals surface area contributed by atoms with Gasteiger partial charge in [0.1, 0.15) is 0 Å². The number of ketones is 2. The van der Waals surface area contributed by atoms with Crippen LogP contribution < -0.4 is 16.0 Å². The number of hydrogen-bond donors (Lipinski definition) is 2. The lowest BCUT2D eigenvalue weighted by Gasteiger charge is -2.32. The van der Waals surface area contributed by atoms with Gasteiger partial charge in [-0.05, 0) is 25.3 Å². The molecule has 0 radical (unpaired) electrons. The van der Waals surface area contributed by atoms with Crippen molar-refractivity contribution in [3.05, 3.63) is 52.6 Å². The van der Waals surface area contributed by atoms with Crippen LogP contribution in [0.1, 0.15) is 51.1 Å². The molecule has 0 aromatic heterocycles. The molecule has 2 aromatic rings. The first-order chi connectivity index (χ1) is 13.6. The fourth-order valence-corrected chi connectivity index (χ4v) is 4.13. The van der Waals surface area contributed by atoms with Crippen LogP contribution in [0.2, 0.25) is 0 Å². The van der Waals surface area contributed by atoms with Gasteiger partial charge >= 0.3 is 0 Å². The maximum absolute atomic E-state index is 13.3. The van der Waals surface area contributed by atoms with E-state index in [1.54, 1.807) is 31.4 Å². The van der Waals surface area contributed by atoms with Gasteiger partial charge in [-0.2, -0.15) is 0 Å². The van der Waals surface area contributed by atoms with Gasteiger partial charge in [-0.1, -0.05) is 24.3 Å². The van der Waals surface area contributed by atoms with Crippen molar-refractivity contribution in [2.45, 2.75) is 19.3 Å². The third-order valence-corrected chi connectivity index (χ3v) is 5.53. The Kier molecular flexibility index (Phi) is 5.05. The highest BCUT2D eigenvalue weighted by Crippen LogP contribution is 2.41. The standard InChI is InChI=1S/C22H25N3O3/c1-28-12-9-24-16-13-17(25-10-5-2-6-11-25)20(23)19-18(16)21(26)14-7-3-4-8-15(14)22(19)27/h3-4,7-8,13,24H,2,5-6,9-12,23H2,1H3. The van der Waals surface area contributed by atoms with Gasteiger partial charge in [0.15, 0.2) is 11.6 Å². The lowest BCUT2D eigenvalue weighted by Crippen LogP contribution is -2.32. The molecule has 0 atom stereocenters. The molecule has 1 saturated heterocycles. The molecule has 1 fully saturated rings. The summed E-state index contributed by atoms with van der Waals surface area (Å²) in [5, 5.41) is 3.28. The number of fused-ring (bicyclic) bond motifs is 2. The largest absolute Gasteiger partial charge is 0.396 e. The molecule has 2 aliphatic rings. The molecule has 1 heterocycles. The molecule has 4 rings (SSSR count). The highest BCUT2D eigenvalue weighted by atomic mass is 16.5. The molecule has 0 saturated carbocycles. The summed E-state index contributed by atoms with van der Waals surface area (Å²) in [5.41, 5.74) is 9.94. The number of nitrogens with one attached hydrogen (secondary N) is 1. The average molecular weight is 379 g/mol. The minimum absolute atomic E-state index is 0.165. The highest BCUT2D eigenvalue weighted by Gasteiger charge is 2.35. The van der Waals surface area contributed by atoms with Crippen LogP contribution in [0.15, 0.2) is 30.3 Å². The van der Waals surface area contributed by atoms with Gasteiger partial charge in [-0.3, -0.25) is 9.59 Å². The van der Waals surface area contributed by atoms with Gasteiger partial charge in [0.2, 0.25) is 0 Å². The van der Waals surface area contributed by atoms with Crippen LogP contribution in [0, 0.1) is 0 Å². The van der Waals surface area contributed by atoms with Gasteiger partial charge in [0, 0.05) is 43.6 Å². The lowest BCUT2D eigenvalue weighted by molar-refractivity contribution is 0.0980. The molecule has 1 aliphatic heterocycles. The first kappa shape index (κ1) is 18.5. The maximum atomic E-state index is 13.3. The second-order valence-corrected chi connectivity index (χ2v) is 7.28. The smallest absolute Gasteiger partial charge is 0.196 e. The fraction of sp³-hybridized carbons (Fsp3) is 0.364. The minimum atomic E-state index is -0.184. The average Bonchev–Trinajstić information content (AvgIpc) is 2.73. The Morgan fingerprint density at radius 3 is 2.32 bits per heavy atom. The van der Waals surface area contributed by atoms with Gasteiger partial charge < -0.3 is 20.7 Å². The Labute approximate surface area is 164 Å². The Hall–Kier alpha value is -2.86. The van der Waals surface area contributed by atoms with E-state index >= 15 is 0 Å². The highest BCUT2D eigenvalue weighted by molar-refractivity contribution is 6.32. The van der Waals surface area contributed by atoms with Crippen LogP contribution in [0.5, 0.6) is 0 Å². The molecule has 3 N–H and O–H groups in total. The number of nitrogens with zero attached hydrogens (tertiary/aromatic N) is 1. The zero-order valence-electron chi connectivity index (χ0n) is 16.1. The number of methoxy groups -OCH3 is 1. The number of carbonyl (C=O) groups excluding carboxylic acids is 2. The van der Waals surface area contributed by atoms with Crippen LogP contribution in [0.25, 0.3) is 0 Å². The van der Waals surface area contributed by atoms with Crippen molar-refractivity contribution in [3.8, 4) is 0 Å². The first-order valence-corrected chi connectivity index (χ1v) is 9.76. The SMILES string of the molecule is COCCNc1cc(N2CCCCC2)c(N)c2c1C(=O)c1ccccc1C2=O. The molecule has 0 unspecified atom stereocenters. The van der Waals surface area contributed by atoms with E-state index in [1.807, 2.05) is 6.07 Å². The summed E-state index contributed by atoms with van der Waals surface area (Å²) in [5.74, 6) is -0.349. The zero-order chi connectivity index (χ0) is 19.7. The van der Waals surface area contributed by atoms with Gasteiger partial charge in [-0.25, -0.2) is 0 Å². The molecule has 1 aliphatic carbocycles. The molecule has 0 spiro atoms. The summed E-state index contributed by atoms with van der Waals surface area (Å²) in [6.07, 6.45) is 3.39. The molecule has 28 heavy (non-hydrogen) atoms. The number of anilines is 3. The summed E-state index contributed by atoms with van der Waals surface area (Å²) in [4.78, 5) is 28.8. The van der Waals surface area contributed by atoms with E-state index in [0.29, 0.717) is 46.8 Å². The first-order valence-electron chi connectivity index (χ1n) is 9.76. The number of hydrogen-bond acceptors (Lipinski definition) is 6. The predicted molar refractivity (Wildman–Crippen MR) is 111 cm³/mol. The van der Waals surface area contributed by atoms with Gasteiger partial charge in [0.25, 0.3) is 0 Å². The van der Waals surface area contributed by atoms with E-state index in [-0.39, 0.29) is 11.6 Å². The van der Waals surface area contributed by atoms with E-state index in [9.17, 15) is 9.59 Å². The second kappa shape index (κ2) is 7.64. The fourth-order valence-electron chi connectivity index (χ4n) is 4.13. The number of nitrogen functional groups attached to an aromatic ring is 1. The van der Waals surface area contributed by atoms with Crippen molar-refractivity contribution in [1.82, 2.24) is 0 Å². The molecule has 146 valence electrons. The Balaban J connectivity index is 1.88. The number of benzene rings is 2. The van der Waals surface area contributed by atoms with Crippen LogP contribution in [0.3, 0.4) is 0 Å². The Bertz CT molecular complexity index is 933. The molecule has 2 aromatic carbocycles. The van der Waals surface area contributed by atoms with Crippen molar-refractivity contribution >= 4 is 28.6 Å². The summed E-state index contributed by atoms with van der Waals surface area (Å²) >= 11 is 0. The number of rotatable bonds is 5. The maximum Gasteiger partial charge on any atom is 0.196 e. The van der Waals surface area contributed by atoms with Crippen molar-refractivity contribution in [2.75, 3.05) is 49.3 Å². The topological polar surface area (TPSA) is 84.7 Å². The molecule has 0 amide bonds. The molecule has 6 nitrogen and oxygen atoms in total. The third kappa shape index (κ3) is 3.03. The number of piperidine rings is 1. The second-order valence-electron chi connectivity index (χ2n) is 7.28. The molecule has 0 bridgehead atoms. The molecular weight excluding hydrogens is 354 g/mol. The summed E-state index contributed by atoms with van der Waals surface area (Å²) in [6.45, 7) is 2.84. The van der Waals surface area contributed by atoms with Crippen molar-refractivity contribution in [2.24, 2.45) is 0 Å². The van der Waals surface area contributed by atoms with Gasteiger partial charge in [-0.15, -0.1) is 0 Å². The normalized spacial score (nSPS) is 16.0. The lowest BCUT2D eigenvalue weighted by atomic mass is 9.81. The van der Waals surface area contributed by atoms with E-state index < -0.39 is 0 Å². The van der Waals surface area contributed by atoms with Crippen LogP contribution in [-0.4, -0.2) is 44.9 Å². The molecular formula is C22H25N3O3. The van der Waals surface area contributed by atoms with Crippen molar-refractivity contribution in [1.29, 1.82) is 0 Å². The van der Waals surface area contributed by atoms with Gasteiger partial charge in [0.05, 0.1) is 29.1 Å². The third-order valence-electron chi connectivity index (χ3n) is 5.53. The van der Waals surface area contributed by atoms with E-state index in [0.717, 1.165) is 31.6 Å². The zero-order valence-corrected chi connectivity index (χ0v) is 16.1. The predicted octanol–water partition coefficient (Wildman–Crippen LogP) is 3.09. The quantitative estimate of drug-likeness (QED) is 0.523. The van der Waals surface area contributed by atoms with Crippen LogP contribution in [0.4, 0.5) is 17.1 Å². The Morgan fingerprint density at radius 1 is 1.04 bits per heavy atom. The molecule has 6 heteroatoms. The number of ether oxygens (including phenoxy) is 1. The van der Waals surface area contributed by atoms with Crippen LogP contribution >= 0.6 is 0 Å². The van der Waals surface area contributed by atoms with E-state index in [1.165, 1.54) is 6.42 Å². The number of carbonyl (C=O) groups is 2. The minimum Gasteiger partial charge on any atom is -0.396 e. The van der Waals surface area contributed by atoms with E-state index in [4.69, 9.17) is 10.5 Å². The van der Waals surface area contributed by atoms with Crippen molar-refractivity contribution in [3.63, 3.8) is 0 Å². The summed E-state index contributed by atoms with van der Waals surface area (Å²) < 4.78 is 5.13. The van der Waals surface area contributed by atoms with Crippen molar-refractivity contribution < 1.29 is 14.3 Å². The summed E-state index contributed by atoms with van der Waals surface area (Å²) in [7, 11) is 1.63. The van der Waals surface area contributed by atoms with E-state index in [2.05, 4.69) is 10.2 Å². The Morgan fingerprint density at radius 2 is 1.68 bits per heavy atom. The monoisotopic (exact) mass is 379 g/mol. The summed E-state index contributed by atoms with van der Waals surface area (Å²) in [6, 6.07) is 8.87. The number of nitrogens with two attached hydrogens (primary N) is 1. The van der Waals surface area contributed by atoms with Crippen LogP contribution in [-0.2, 0) is 4.74 Å².